The Morgan fingerprint density at radius 2 is 1.49 bits per heavy atom. The molecule has 6 atom stereocenters. The van der Waals surface area contributed by atoms with E-state index in [9.17, 15) is 5.11 Å². The fourth-order valence-corrected chi connectivity index (χ4v) is 3.85. The summed E-state index contributed by atoms with van der Waals surface area (Å²) in [5.74, 6) is 3.36. The van der Waals surface area contributed by atoms with Crippen LogP contribution >= 0.6 is 0 Å². The van der Waals surface area contributed by atoms with E-state index >= 15 is 0 Å². The summed E-state index contributed by atoms with van der Waals surface area (Å²) < 4.78 is 34.3. The molecule has 7 heteroatoms. The molecule has 0 aliphatic carbocycles. The summed E-state index contributed by atoms with van der Waals surface area (Å²) in [5.41, 5.74) is -0.525. The molecule has 2 aromatic rings. The van der Waals surface area contributed by atoms with Crippen LogP contribution in [0.25, 0.3) is 0 Å². The van der Waals surface area contributed by atoms with Gasteiger partial charge in [0, 0.05) is 12.3 Å². The SMILES string of the molecule is CCC(C)(CC(O)COc1ccc(OC(C)C(C)C2CO2)cc1)Oc1ccc(OCC2CO2)cc1. The molecule has 7 nitrogen and oxygen atoms in total. The molecule has 2 saturated heterocycles. The molecule has 0 spiro atoms. The van der Waals surface area contributed by atoms with Crippen LogP contribution in [-0.4, -0.2) is 61.6 Å². The zero-order valence-corrected chi connectivity index (χ0v) is 21.1. The number of hydrogen-bond acceptors (Lipinski definition) is 7. The van der Waals surface area contributed by atoms with Crippen LogP contribution in [0.2, 0.25) is 0 Å². The standard InChI is InChI=1S/C28H38O7/c1-5-28(4,35-25-12-8-23(9-13-25)31-16-26-17-32-26)14-21(29)15-30-22-6-10-24(11-7-22)34-20(3)19(2)27-18-33-27/h6-13,19-21,26-27,29H,5,14-18H2,1-4H3. The topological polar surface area (TPSA) is 82.2 Å². The van der Waals surface area contributed by atoms with Gasteiger partial charge in [0.05, 0.1) is 25.4 Å². The van der Waals surface area contributed by atoms with Crippen LogP contribution < -0.4 is 18.9 Å². The smallest absolute Gasteiger partial charge is 0.120 e. The highest BCUT2D eigenvalue weighted by molar-refractivity contribution is 5.32. The highest BCUT2D eigenvalue weighted by atomic mass is 16.6. The minimum absolute atomic E-state index is 0.0730. The zero-order chi connectivity index (χ0) is 24.8. The van der Waals surface area contributed by atoms with Crippen molar-refractivity contribution < 1.29 is 33.5 Å². The second kappa shape index (κ2) is 11.5. The lowest BCUT2D eigenvalue weighted by Gasteiger charge is -2.31. The summed E-state index contributed by atoms with van der Waals surface area (Å²) in [6, 6.07) is 15.1. The van der Waals surface area contributed by atoms with Crippen molar-refractivity contribution in [1.82, 2.24) is 0 Å². The van der Waals surface area contributed by atoms with Crippen LogP contribution in [0.3, 0.4) is 0 Å². The van der Waals surface area contributed by atoms with E-state index in [4.69, 9.17) is 28.4 Å². The van der Waals surface area contributed by atoms with Gasteiger partial charge in [-0.05, 0) is 68.8 Å². The van der Waals surface area contributed by atoms with Crippen molar-refractivity contribution in [2.75, 3.05) is 26.4 Å². The molecule has 6 unspecified atom stereocenters. The fraction of sp³-hybridized carbons (Fsp3) is 0.571. The van der Waals surface area contributed by atoms with Crippen molar-refractivity contribution in [1.29, 1.82) is 0 Å². The highest BCUT2D eigenvalue weighted by Gasteiger charge is 2.34. The van der Waals surface area contributed by atoms with E-state index < -0.39 is 11.7 Å². The molecule has 2 heterocycles. The lowest BCUT2D eigenvalue weighted by Crippen LogP contribution is -2.37. The summed E-state index contributed by atoms with van der Waals surface area (Å²) in [5, 5.41) is 10.6. The second-order valence-electron chi connectivity index (χ2n) is 9.84. The Bertz CT molecular complexity index is 908. The van der Waals surface area contributed by atoms with Crippen molar-refractivity contribution in [3.63, 3.8) is 0 Å². The number of benzene rings is 2. The fourth-order valence-electron chi connectivity index (χ4n) is 3.85. The first kappa shape index (κ1) is 25.6. The Balaban J connectivity index is 1.21. The molecular formula is C28H38O7. The van der Waals surface area contributed by atoms with E-state index in [0.29, 0.717) is 30.8 Å². The van der Waals surface area contributed by atoms with Crippen LogP contribution in [0.4, 0.5) is 0 Å². The van der Waals surface area contributed by atoms with Gasteiger partial charge in [-0.3, -0.25) is 0 Å². The molecule has 2 aliphatic heterocycles. The molecule has 192 valence electrons. The molecule has 0 radical (unpaired) electrons. The van der Waals surface area contributed by atoms with Crippen LogP contribution in [0.1, 0.15) is 40.5 Å². The average molecular weight is 487 g/mol. The van der Waals surface area contributed by atoms with Gasteiger partial charge in [0.25, 0.3) is 0 Å². The minimum Gasteiger partial charge on any atom is -0.491 e. The third-order valence-electron chi connectivity index (χ3n) is 6.72. The molecule has 0 amide bonds. The van der Waals surface area contributed by atoms with E-state index in [1.807, 2.05) is 55.5 Å². The first-order chi connectivity index (χ1) is 16.8. The summed E-state index contributed by atoms with van der Waals surface area (Å²) in [6.45, 7) is 10.6. The number of ether oxygens (including phenoxy) is 6. The van der Waals surface area contributed by atoms with Crippen molar-refractivity contribution in [2.24, 2.45) is 5.92 Å². The first-order valence-electron chi connectivity index (χ1n) is 12.6. The minimum atomic E-state index is -0.670. The van der Waals surface area contributed by atoms with Gasteiger partial charge in [-0.15, -0.1) is 0 Å². The molecule has 2 aliphatic rings. The molecule has 0 bridgehead atoms. The number of hydrogen-bond donors (Lipinski definition) is 1. The second-order valence-corrected chi connectivity index (χ2v) is 9.84. The Hall–Kier alpha value is -2.48. The molecule has 0 aromatic heterocycles. The van der Waals surface area contributed by atoms with Gasteiger partial charge in [-0.25, -0.2) is 0 Å². The van der Waals surface area contributed by atoms with Crippen LogP contribution in [0.5, 0.6) is 23.0 Å². The van der Waals surface area contributed by atoms with E-state index in [-0.39, 0.29) is 18.8 Å². The van der Waals surface area contributed by atoms with Gasteiger partial charge in [0.15, 0.2) is 0 Å². The van der Waals surface area contributed by atoms with Crippen LogP contribution in [0, 0.1) is 5.92 Å². The maximum atomic E-state index is 10.6. The average Bonchev–Trinajstić information content (AvgIpc) is 3.77. The van der Waals surface area contributed by atoms with Gasteiger partial charge in [-0.2, -0.15) is 0 Å². The van der Waals surface area contributed by atoms with Crippen molar-refractivity contribution in [2.45, 2.75) is 70.6 Å². The molecule has 4 rings (SSSR count). The third-order valence-corrected chi connectivity index (χ3v) is 6.72. The predicted molar refractivity (Wildman–Crippen MR) is 133 cm³/mol. The van der Waals surface area contributed by atoms with Crippen LogP contribution in [-0.2, 0) is 9.47 Å². The summed E-state index contributed by atoms with van der Waals surface area (Å²) in [6.07, 6.45) is 1.13. The van der Waals surface area contributed by atoms with Gasteiger partial charge >= 0.3 is 0 Å². The van der Waals surface area contributed by atoms with Crippen molar-refractivity contribution in [3.8, 4) is 23.0 Å². The maximum Gasteiger partial charge on any atom is 0.120 e. The van der Waals surface area contributed by atoms with Gasteiger partial charge in [0.2, 0.25) is 0 Å². The molecular weight excluding hydrogens is 448 g/mol. The quantitative estimate of drug-likeness (QED) is 0.367. The van der Waals surface area contributed by atoms with Gasteiger partial charge in [-0.1, -0.05) is 13.8 Å². The summed E-state index contributed by atoms with van der Waals surface area (Å²) in [7, 11) is 0. The van der Waals surface area contributed by atoms with Gasteiger partial charge < -0.3 is 33.5 Å². The van der Waals surface area contributed by atoms with Crippen molar-refractivity contribution >= 4 is 0 Å². The normalized spacial score (nSPS) is 22.9. The molecule has 2 fully saturated rings. The molecule has 2 aromatic carbocycles. The summed E-state index contributed by atoms with van der Waals surface area (Å²) in [4.78, 5) is 0. The van der Waals surface area contributed by atoms with Gasteiger partial charge in [0.1, 0.15) is 54.0 Å². The monoisotopic (exact) mass is 486 g/mol. The Kier molecular flexibility index (Phi) is 8.42. The highest BCUT2D eigenvalue weighted by Crippen LogP contribution is 2.29. The lowest BCUT2D eigenvalue weighted by molar-refractivity contribution is 0.00431. The lowest BCUT2D eigenvalue weighted by atomic mass is 9.95. The third kappa shape index (κ3) is 8.02. The zero-order valence-electron chi connectivity index (χ0n) is 21.1. The molecule has 0 saturated carbocycles. The number of epoxide rings is 2. The van der Waals surface area contributed by atoms with E-state index in [2.05, 4.69) is 20.8 Å². The first-order valence-corrected chi connectivity index (χ1v) is 12.6. The molecule has 35 heavy (non-hydrogen) atoms. The van der Waals surface area contributed by atoms with Crippen molar-refractivity contribution in [3.05, 3.63) is 48.5 Å². The summed E-state index contributed by atoms with van der Waals surface area (Å²) >= 11 is 0. The Labute approximate surface area is 208 Å². The molecule has 1 N–H and O–H groups in total. The predicted octanol–water partition coefficient (Wildman–Crippen LogP) is 4.64. The Morgan fingerprint density at radius 1 is 0.914 bits per heavy atom. The maximum absolute atomic E-state index is 10.6. The number of aliphatic hydroxyl groups is 1. The van der Waals surface area contributed by atoms with Crippen LogP contribution in [0.15, 0.2) is 48.5 Å². The Morgan fingerprint density at radius 3 is 2.06 bits per heavy atom. The number of aliphatic hydroxyl groups excluding tert-OH is 1. The van der Waals surface area contributed by atoms with E-state index in [1.165, 1.54) is 0 Å². The van der Waals surface area contributed by atoms with E-state index in [0.717, 1.165) is 36.9 Å². The number of rotatable bonds is 15. The largest absolute Gasteiger partial charge is 0.491 e. The van der Waals surface area contributed by atoms with E-state index in [1.54, 1.807) is 0 Å².